The highest BCUT2D eigenvalue weighted by molar-refractivity contribution is 7.98. The first-order valence-electron chi connectivity index (χ1n) is 6.12. The van der Waals surface area contributed by atoms with Crippen LogP contribution < -0.4 is 5.32 Å². The number of aromatic nitrogens is 2. The molecule has 0 atom stereocenters. The van der Waals surface area contributed by atoms with E-state index in [0.29, 0.717) is 10.8 Å². The van der Waals surface area contributed by atoms with E-state index in [-0.39, 0.29) is 16.3 Å². The van der Waals surface area contributed by atoms with Crippen molar-refractivity contribution in [1.29, 1.82) is 0 Å². The Labute approximate surface area is 136 Å². The van der Waals surface area contributed by atoms with Crippen LogP contribution in [0.2, 0.25) is 5.02 Å². The molecule has 0 aliphatic rings. The van der Waals surface area contributed by atoms with Gasteiger partial charge < -0.3 is 10.1 Å². The number of ether oxygens (including phenoxy) is 1. The van der Waals surface area contributed by atoms with Gasteiger partial charge in [0.25, 0.3) is 5.91 Å². The molecular formula is C14H12ClN3O3S. The quantitative estimate of drug-likeness (QED) is 0.525. The smallest absolute Gasteiger partial charge is 0.339 e. The molecule has 0 spiro atoms. The molecule has 1 aromatic carbocycles. The number of carbonyl (C=O) groups is 2. The number of anilines is 1. The molecule has 1 N–H and O–H groups in total. The molecular weight excluding hydrogens is 326 g/mol. The van der Waals surface area contributed by atoms with Gasteiger partial charge in [0.2, 0.25) is 0 Å². The zero-order chi connectivity index (χ0) is 16.1. The summed E-state index contributed by atoms with van der Waals surface area (Å²) in [7, 11) is 1.27. The number of thioether (sulfide) groups is 1. The minimum Gasteiger partial charge on any atom is -0.465 e. The number of esters is 1. The fraction of sp³-hybridized carbons (Fsp3) is 0.143. The largest absolute Gasteiger partial charge is 0.465 e. The van der Waals surface area contributed by atoms with E-state index in [0.717, 1.165) is 0 Å². The minimum atomic E-state index is -0.547. The van der Waals surface area contributed by atoms with Crippen LogP contribution in [0, 0.1) is 0 Å². The van der Waals surface area contributed by atoms with Crippen LogP contribution >= 0.6 is 23.4 Å². The van der Waals surface area contributed by atoms with Crippen molar-refractivity contribution in [1.82, 2.24) is 9.97 Å². The number of benzene rings is 1. The summed E-state index contributed by atoms with van der Waals surface area (Å²) < 4.78 is 4.68. The SMILES string of the molecule is COC(=O)c1ccccc1NC(=O)c1nc(SC)ncc1Cl. The number of nitrogens with one attached hydrogen (secondary N) is 1. The van der Waals surface area contributed by atoms with Crippen molar-refractivity contribution in [3.05, 3.63) is 46.7 Å². The standard InChI is InChI=1S/C14H12ClN3O3S/c1-21-13(20)8-5-3-4-6-10(8)17-12(19)11-9(15)7-16-14(18-11)22-2/h3-7H,1-2H3,(H,17,19). The van der Waals surface area contributed by atoms with Crippen LogP contribution in [0.25, 0.3) is 0 Å². The average molecular weight is 338 g/mol. The predicted molar refractivity (Wildman–Crippen MR) is 84.6 cm³/mol. The van der Waals surface area contributed by atoms with E-state index in [2.05, 4.69) is 20.0 Å². The first-order chi connectivity index (χ1) is 10.6. The average Bonchev–Trinajstić information content (AvgIpc) is 2.55. The molecule has 1 heterocycles. The second-order valence-corrected chi connectivity index (χ2v) is 5.23. The number of para-hydroxylation sites is 1. The Morgan fingerprint density at radius 2 is 2.05 bits per heavy atom. The van der Waals surface area contributed by atoms with Crippen molar-refractivity contribution in [3.8, 4) is 0 Å². The number of carbonyl (C=O) groups excluding carboxylic acids is 2. The first-order valence-corrected chi connectivity index (χ1v) is 7.72. The minimum absolute atomic E-state index is 0.0423. The maximum atomic E-state index is 12.3. The predicted octanol–water partition coefficient (Wildman–Crippen LogP) is 2.89. The number of hydrogen-bond acceptors (Lipinski definition) is 6. The summed E-state index contributed by atoms with van der Waals surface area (Å²) in [6.07, 6.45) is 3.15. The van der Waals surface area contributed by atoms with Crippen molar-refractivity contribution in [3.63, 3.8) is 0 Å². The molecule has 0 aliphatic carbocycles. The third-order valence-corrected chi connectivity index (χ3v) is 3.54. The maximum absolute atomic E-state index is 12.3. The van der Waals surface area contributed by atoms with Crippen molar-refractivity contribution in [2.45, 2.75) is 5.16 Å². The summed E-state index contributed by atoms with van der Waals surface area (Å²) in [4.78, 5) is 32.1. The topological polar surface area (TPSA) is 81.2 Å². The molecule has 6 nitrogen and oxygen atoms in total. The van der Waals surface area contributed by atoms with E-state index in [1.807, 2.05) is 0 Å². The Hall–Kier alpha value is -2.12. The van der Waals surface area contributed by atoms with E-state index in [1.165, 1.54) is 25.1 Å². The third-order valence-electron chi connectivity index (χ3n) is 2.70. The maximum Gasteiger partial charge on any atom is 0.339 e. The molecule has 0 bridgehead atoms. The van der Waals surface area contributed by atoms with Crippen LogP contribution in [0.1, 0.15) is 20.8 Å². The normalized spacial score (nSPS) is 10.1. The van der Waals surface area contributed by atoms with E-state index in [1.54, 1.807) is 30.5 Å². The molecule has 8 heteroatoms. The number of hydrogen-bond donors (Lipinski definition) is 1. The molecule has 2 rings (SSSR count). The molecule has 114 valence electrons. The Morgan fingerprint density at radius 3 is 2.73 bits per heavy atom. The van der Waals surface area contributed by atoms with Gasteiger partial charge in [-0.15, -0.1) is 0 Å². The zero-order valence-electron chi connectivity index (χ0n) is 11.8. The number of methoxy groups -OCH3 is 1. The fourth-order valence-electron chi connectivity index (χ4n) is 1.67. The summed E-state index contributed by atoms with van der Waals surface area (Å²) in [5.41, 5.74) is 0.606. The molecule has 22 heavy (non-hydrogen) atoms. The molecule has 0 aliphatic heterocycles. The Morgan fingerprint density at radius 1 is 1.32 bits per heavy atom. The summed E-state index contributed by atoms with van der Waals surface area (Å²) >= 11 is 7.25. The highest BCUT2D eigenvalue weighted by Crippen LogP contribution is 2.20. The lowest BCUT2D eigenvalue weighted by Crippen LogP contribution is -2.17. The monoisotopic (exact) mass is 337 g/mol. The van der Waals surface area contributed by atoms with Crippen molar-refractivity contribution in [2.75, 3.05) is 18.7 Å². The molecule has 0 fully saturated rings. The van der Waals surface area contributed by atoms with Crippen molar-refractivity contribution in [2.24, 2.45) is 0 Å². The summed E-state index contributed by atoms with van der Waals surface area (Å²) in [5.74, 6) is -1.08. The van der Waals surface area contributed by atoms with Gasteiger partial charge in [-0.3, -0.25) is 4.79 Å². The molecule has 0 saturated carbocycles. The van der Waals surface area contributed by atoms with Gasteiger partial charge >= 0.3 is 5.97 Å². The molecule has 0 unspecified atom stereocenters. The lowest BCUT2D eigenvalue weighted by molar-refractivity contribution is 0.0602. The van der Waals surface area contributed by atoms with Gasteiger partial charge in [-0.2, -0.15) is 0 Å². The summed E-state index contributed by atoms with van der Waals surface area (Å²) in [6, 6.07) is 6.51. The number of rotatable bonds is 4. The van der Waals surface area contributed by atoms with Gasteiger partial charge in [-0.05, 0) is 18.4 Å². The highest BCUT2D eigenvalue weighted by atomic mass is 35.5. The second-order valence-electron chi connectivity index (χ2n) is 4.04. The van der Waals surface area contributed by atoms with E-state index in [9.17, 15) is 9.59 Å². The molecule has 2 aromatic rings. The second kappa shape index (κ2) is 7.24. The van der Waals surface area contributed by atoms with Crippen LogP contribution in [0.15, 0.2) is 35.6 Å². The van der Waals surface area contributed by atoms with Crippen LogP contribution in [0.3, 0.4) is 0 Å². The Balaban J connectivity index is 2.32. The van der Waals surface area contributed by atoms with E-state index >= 15 is 0 Å². The number of amides is 1. The van der Waals surface area contributed by atoms with Crippen molar-refractivity contribution < 1.29 is 14.3 Å². The third kappa shape index (κ3) is 3.55. The lowest BCUT2D eigenvalue weighted by Gasteiger charge is -2.10. The Kier molecular flexibility index (Phi) is 5.35. The van der Waals surface area contributed by atoms with Crippen LogP contribution in [-0.2, 0) is 4.74 Å². The molecule has 1 amide bonds. The fourth-order valence-corrected chi connectivity index (χ4v) is 2.19. The Bertz CT molecular complexity index is 724. The lowest BCUT2D eigenvalue weighted by atomic mass is 10.1. The van der Waals surface area contributed by atoms with Crippen molar-refractivity contribution >= 4 is 40.9 Å². The highest BCUT2D eigenvalue weighted by Gasteiger charge is 2.18. The molecule has 0 saturated heterocycles. The van der Waals surface area contributed by atoms with Gasteiger partial charge in [-0.1, -0.05) is 35.5 Å². The van der Waals surface area contributed by atoms with Crippen LogP contribution in [0.4, 0.5) is 5.69 Å². The van der Waals surface area contributed by atoms with Gasteiger partial charge in [0.15, 0.2) is 10.9 Å². The zero-order valence-corrected chi connectivity index (χ0v) is 13.4. The van der Waals surface area contributed by atoms with E-state index < -0.39 is 11.9 Å². The first kappa shape index (κ1) is 16.3. The van der Waals surface area contributed by atoms with Crippen LogP contribution in [0.5, 0.6) is 0 Å². The van der Waals surface area contributed by atoms with Gasteiger partial charge in [0, 0.05) is 0 Å². The number of halogens is 1. The molecule has 1 aromatic heterocycles. The van der Waals surface area contributed by atoms with Gasteiger partial charge in [0.1, 0.15) is 0 Å². The van der Waals surface area contributed by atoms with E-state index in [4.69, 9.17) is 11.6 Å². The number of nitrogens with zero attached hydrogens (tertiary/aromatic N) is 2. The van der Waals surface area contributed by atoms with Gasteiger partial charge in [-0.25, -0.2) is 14.8 Å². The summed E-state index contributed by atoms with van der Waals surface area (Å²) in [5, 5.41) is 3.17. The van der Waals surface area contributed by atoms with Gasteiger partial charge in [0.05, 0.1) is 29.6 Å². The van der Waals surface area contributed by atoms with Crippen LogP contribution in [-0.4, -0.2) is 35.2 Å². The molecule has 0 radical (unpaired) electrons. The summed E-state index contributed by atoms with van der Waals surface area (Å²) in [6.45, 7) is 0.